The minimum atomic E-state index is -1.49. The van der Waals surface area contributed by atoms with Crippen molar-refractivity contribution in [3.05, 3.63) is 39.4 Å². The third kappa shape index (κ3) is 2.01. The van der Waals surface area contributed by atoms with E-state index in [9.17, 15) is 18.9 Å². The van der Waals surface area contributed by atoms with Gasteiger partial charge in [0, 0.05) is 6.07 Å². The maximum absolute atomic E-state index is 12.8. The van der Waals surface area contributed by atoms with E-state index in [2.05, 4.69) is 10.7 Å². The van der Waals surface area contributed by atoms with Crippen LogP contribution in [-0.4, -0.2) is 4.92 Å². The van der Waals surface area contributed by atoms with E-state index in [0.717, 1.165) is 12.1 Å². The zero-order chi connectivity index (χ0) is 10.7. The highest BCUT2D eigenvalue weighted by molar-refractivity contribution is 5.36. The van der Waals surface area contributed by atoms with Gasteiger partial charge in [-0.05, 0) is 11.6 Å². The molecule has 7 heteroatoms. The lowest BCUT2D eigenvalue weighted by molar-refractivity contribution is -0.387. The van der Waals surface area contributed by atoms with Gasteiger partial charge in [-0.3, -0.25) is 15.0 Å². The van der Waals surface area contributed by atoms with Gasteiger partial charge < -0.3 is 0 Å². The number of benzene rings is 1. The molecule has 0 amide bonds. The van der Waals surface area contributed by atoms with E-state index in [1.54, 1.807) is 0 Å². The zero-order valence-corrected chi connectivity index (χ0v) is 6.87. The Morgan fingerprint density at radius 3 is 2.64 bits per heavy atom. The lowest BCUT2D eigenvalue weighted by Crippen LogP contribution is -2.02. The van der Waals surface area contributed by atoms with Crippen molar-refractivity contribution in [3.8, 4) is 0 Å². The van der Waals surface area contributed by atoms with Crippen molar-refractivity contribution >= 4 is 5.69 Å². The van der Waals surface area contributed by atoms with Gasteiger partial charge >= 0.3 is 5.69 Å². The molecule has 0 saturated carbocycles. The molecule has 0 saturated heterocycles. The largest absolute Gasteiger partial charge is 0.308 e. The highest BCUT2D eigenvalue weighted by Crippen LogP contribution is 2.22. The lowest BCUT2D eigenvalue weighted by Gasteiger charge is -2.00. The molecule has 1 aromatic rings. The minimum Gasteiger partial charge on any atom is -0.300 e. The smallest absolute Gasteiger partial charge is 0.300 e. The summed E-state index contributed by atoms with van der Waals surface area (Å²) >= 11 is 0. The van der Waals surface area contributed by atoms with Crippen LogP contribution in [0.4, 0.5) is 14.5 Å². The van der Waals surface area contributed by atoms with E-state index in [1.165, 1.54) is 0 Å². The molecule has 0 bridgehead atoms. The van der Waals surface area contributed by atoms with Gasteiger partial charge in [0.1, 0.15) is 0 Å². The van der Waals surface area contributed by atoms with Gasteiger partial charge in [0.05, 0.1) is 11.5 Å². The quantitative estimate of drug-likeness (QED) is 0.593. The number of nitrogens with zero attached hydrogens (tertiary/aromatic N) is 1. The highest BCUT2D eigenvalue weighted by Gasteiger charge is 2.19. The minimum absolute atomic E-state index is 0.0955. The average molecular weight is 204 g/mol. The van der Waals surface area contributed by atoms with Gasteiger partial charge in [0.15, 0.2) is 5.82 Å². The van der Waals surface area contributed by atoms with Crippen molar-refractivity contribution in [1.29, 1.82) is 0 Å². The molecule has 0 aliphatic rings. The Morgan fingerprint density at radius 1 is 1.50 bits per heavy atom. The molecule has 0 spiro atoms. The molecule has 1 rings (SSSR count). The molecule has 14 heavy (non-hydrogen) atoms. The molecule has 2 N–H and O–H groups in total. The Balaban J connectivity index is 3.21. The second-order valence-corrected chi connectivity index (χ2v) is 2.48. The summed E-state index contributed by atoms with van der Waals surface area (Å²) in [7, 11) is 0. The molecule has 0 fully saturated rings. The molecule has 0 atom stereocenters. The van der Waals surface area contributed by atoms with Crippen LogP contribution in [0.1, 0.15) is 5.56 Å². The molecule has 76 valence electrons. The van der Waals surface area contributed by atoms with Crippen molar-refractivity contribution in [3.63, 3.8) is 0 Å². The number of nitro groups is 1. The van der Waals surface area contributed by atoms with Gasteiger partial charge in [-0.2, -0.15) is 4.39 Å². The molecule has 0 radical (unpaired) electrons. The summed E-state index contributed by atoms with van der Waals surface area (Å²) in [6, 6.07) is 1.65. The Hall–Kier alpha value is -1.60. The first kappa shape index (κ1) is 10.5. The van der Waals surface area contributed by atoms with Crippen LogP contribution >= 0.6 is 0 Å². The lowest BCUT2D eigenvalue weighted by atomic mass is 10.2. The monoisotopic (exact) mass is 204 g/mol. The molecule has 0 heterocycles. The van der Waals surface area contributed by atoms with Crippen molar-refractivity contribution in [1.82, 2.24) is 0 Å². The van der Waals surface area contributed by atoms with E-state index >= 15 is 0 Å². The number of rotatable bonds is 3. The van der Waals surface area contributed by atoms with Gasteiger partial charge in [0.2, 0.25) is 5.82 Å². The number of nitrogens with two attached hydrogens (primary N) is 1. The normalized spacial score (nSPS) is 10.2. The molecule has 1 aromatic carbocycles. The van der Waals surface area contributed by atoms with Crippen LogP contribution in [0.3, 0.4) is 0 Å². The maximum atomic E-state index is 12.8. The first-order chi connectivity index (χ1) is 6.56. The molecule has 0 unspecified atom stereocenters. The summed E-state index contributed by atoms with van der Waals surface area (Å²) in [6.45, 7) is -0.224. The van der Waals surface area contributed by atoms with Crippen molar-refractivity contribution in [2.75, 3.05) is 0 Å². The van der Waals surface area contributed by atoms with Gasteiger partial charge in [-0.15, -0.1) is 0 Å². The van der Waals surface area contributed by atoms with E-state index in [0.29, 0.717) is 0 Å². The summed E-state index contributed by atoms with van der Waals surface area (Å²) < 4.78 is 25.5. The third-order valence-electron chi connectivity index (χ3n) is 1.52. The van der Waals surface area contributed by atoms with Gasteiger partial charge in [-0.1, -0.05) is 0 Å². The van der Waals surface area contributed by atoms with E-state index in [1.807, 2.05) is 0 Å². The third-order valence-corrected chi connectivity index (χ3v) is 1.52. The van der Waals surface area contributed by atoms with E-state index in [-0.39, 0.29) is 12.2 Å². The van der Waals surface area contributed by atoms with Crippen LogP contribution in [0.15, 0.2) is 12.1 Å². The number of nitro benzene ring substituents is 1. The fraction of sp³-hybridized carbons (Fsp3) is 0.143. The molecular weight excluding hydrogens is 198 g/mol. The molecule has 0 aliphatic heterocycles. The second-order valence-electron chi connectivity index (χ2n) is 2.48. The Bertz CT molecular complexity index is 370. The van der Waals surface area contributed by atoms with Crippen LogP contribution in [0.2, 0.25) is 0 Å². The molecule has 0 aromatic heterocycles. The summed E-state index contributed by atoms with van der Waals surface area (Å²) in [5.41, 5.74) is -0.838. The van der Waals surface area contributed by atoms with E-state index in [4.69, 9.17) is 0 Å². The second kappa shape index (κ2) is 4.07. The van der Waals surface area contributed by atoms with Crippen LogP contribution in [-0.2, 0) is 11.4 Å². The summed E-state index contributed by atoms with van der Waals surface area (Å²) in [5, 5.41) is 10.3. The number of hydrogen-bond acceptors (Lipinski definition) is 4. The molecular formula is C7H6F2N2O3. The van der Waals surface area contributed by atoms with Crippen molar-refractivity contribution in [2.45, 2.75) is 6.61 Å². The van der Waals surface area contributed by atoms with Crippen LogP contribution in [0.25, 0.3) is 0 Å². The van der Waals surface area contributed by atoms with Gasteiger partial charge in [-0.25, -0.2) is 10.3 Å². The number of halogens is 2. The molecule has 5 nitrogen and oxygen atoms in total. The zero-order valence-electron chi connectivity index (χ0n) is 6.87. The summed E-state index contributed by atoms with van der Waals surface area (Å²) in [4.78, 5) is 13.4. The summed E-state index contributed by atoms with van der Waals surface area (Å²) in [6.07, 6.45) is 0. The fourth-order valence-corrected chi connectivity index (χ4v) is 0.942. The average Bonchev–Trinajstić information content (AvgIpc) is 2.11. The van der Waals surface area contributed by atoms with Crippen LogP contribution in [0.5, 0.6) is 0 Å². The van der Waals surface area contributed by atoms with E-state index < -0.39 is 22.2 Å². The first-order valence-corrected chi connectivity index (χ1v) is 3.50. The standard InChI is InChI=1S/C7H6F2N2O3/c8-5-1-4(3-14-10)2-6(7(5)9)11(12)13/h1-2H,3,10H2. The SMILES string of the molecule is NOCc1cc(F)c(F)c([N+](=O)[O-])c1. The van der Waals surface area contributed by atoms with Crippen molar-refractivity contribution in [2.24, 2.45) is 5.90 Å². The topological polar surface area (TPSA) is 78.4 Å². The first-order valence-electron chi connectivity index (χ1n) is 3.50. The number of hydrogen-bond donors (Lipinski definition) is 1. The predicted octanol–water partition coefficient (Wildman–Crippen LogP) is 1.26. The Morgan fingerprint density at radius 2 is 2.14 bits per heavy atom. The summed E-state index contributed by atoms with van der Waals surface area (Å²) in [5.74, 6) is 1.90. The Labute approximate surface area is 77.2 Å². The highest BCUT2D eigenvalue weighted by atomic mass is 19.2. The van der Waals surface area contributed by atoms with Crippen LogP contribution in [0, 0.1) is 21.7 Å². The fourth-order valence-electron chi connectivity index (χ4n) is 0.942. The van der Waals surface area contributed by atoms with Crippen LogP contribution < -0.4 is 5.90 Å². The molecule has 0 aliphatic carbocycles. The van der Waals surface area contributed by atoms with Crippen molar-refractivity contribution < 1.29 is 18.5 Å². The Kier molecular flexibility index (Phi) is 3.05. The predicted molar refractivity (Wildman–Crippen MR) is 42.0 cm³/mol. The van der Waals surface area contributed by atoms with Gasteiger partial charge in [0.25, 0.3) is 0 Å². The maximum Gasteiger partial charge on any atom is 0.308 e.